The number of hydrogen-bond donors (Lipinski definition) is 1. The second-order valence-corrected chi connectivity index (χ2v) is 6.86. The van der Waals surface area contributed by atoms with Crippen molar-refractivity contribution < 1.29 is 19.1 Å². The summed E-state index contributed by atoms with van der Waals surface area (Å²) in [5.41, 5.74) is 0. The summed E-state index contributed by atoms with van der Waals surface area (Å²) in [6.07, 6.45) is 6.01. The summed E-state index contributed by atoms with van der Waals surface area (Å²) < 4.78 is 4.83. The van der Waals surface area contributed by atoms with Crippen LogP contribution in [0.15, 0.2) is 0 Å². The number of urea groups is 1. The Kier molecular flexibility index (Phi) is 8.01. The molecule has 0 aromatic rings. The molecule has 7 heteroatoms. The Morgan fingerprint density at radius 2 is 1.68 bits per heavy atom. The summed E-state index contributed by atoms with van der Waals surface area (Å²) in [4.78, 5) is 39.5. The third-order valence-corrected chi connectivity index (χ3v) is 4.98. The molecule has 0 atom stereocenters. The Hall–Kier alpha value is -1.79. The molecule has 142 valence electrons. The third-order valence-electron chi connectivity index (χ3n) is 4.98. The summed E-state index contributed by atoms with van der Waals surface area (Å²) in [5, 5.41) is 2.76. The van der Waals surface area contributed by atoms with Crippen LogP contribution >= 0.6 is 0 Å². The second-order valence-electron chi connectivity index (χ2n) is 6.86. The molecule has 0 aromatic carbocycles. The largest absolute Gasteiger partial charge is 0.466 e. The summed E-state index contributed by atoms with van der Waals surface area (Å²) in [6, 6.07) is -0.134. The Morgan fingerprint density at radius 3 is 2.32 bits per heavy atom. The molecule has 0 aromatic heterocycles. The smallest absolute Gasteiger partial charge is 0.317 e. The van der Waals surface area contributed by atoms with Gasteiger partial charge >= 0.3 is 12.0 Å². The monoisotopic (exact) mass is 353 g/mol. The SMILES string of the molecule is CCOC(=O)CCNC(=O)N1CCC(CC(=O)N2CCCCC2)CC1. The van der Waals surface area contributed by atoms with Gasteiger partial charge in [-0.1, -0.05) is 0 Å². The Morgan fingerprint density at radius 1 is 1.00 bits per heavy atom. The number of nitrogens with zero attached hydrogens (tertiary/aromatic N) is 2. The van der Waals surface area contributed by atoms with E-state index >= 15 is 0 Å². The fourth-order valence-electron chi connectivity index (χ4n) is 3.48. The molecule has 0 bridgehead atoms. The van der Waals surface area contributed by atoms with Crippen LogP contribution in [0.2, 0.25) is 0 Å². The number of esters is 1. The average Bonchev–Trinajstić information content (AvgIpc) is 2.63. The first-order valence-corrected chi connectivity index (χ1v) is 9.56. The standard InChI is InChI=1S/C18H31N3O4/c1-2-25-17(23)6-9-19-18(24)21-12-7-15(8-13-21)14-16(22)20-10-4-3-5-11-20/h15H,2-14H2,1H3,(H,19,24). The van der Waals surface area contributed by atoms with E-state index in [9.17, 15) is 14.4 Å². The Labute approximate surface area is 150 Å². The molecule has 2 rings (SSSR count). The van der Waals surface area contributed by atoms with Gasteiger partial charge in [0, 0.05) is 39.1 Å². The maximum absolute atomic E-state index is 12.3. The summed E-state index contributed by atoms with van der Waals surface area (Å²) in [7, 11) is 0. The van der Waals surface area contributed by atoms with Crippen molar-refractivity contribution in [3.05, 3.63) is 0 Å². The number of nitrogens with one attached hydrogen (secondary N) is 1. The van der Waals surface area contributed by atoms with Crippen molar-refractivity contribution >= 4 is 17.9 Å². The van der Waals surface area contributed by atoms with Crippen molar-refractivity contribution in [2.45, 2.75) is 51.9 Å². The van der Waals surface area contributed by atoms with E-state index in [4.69, 9.17) is 4.74 Å². The first-order chi connectivity index (χ1) is 12.1. The molecule has 2 aliphatic rings. The molecule has 0 spiro atoms. The van der Waals surface area contributed by atoms with Crippen LogP contribution in [0, 0.1) is 5.92 Å². The zero-order valence-electron chi connectivity index (χ0n) is 15.3. The highest BCUT2D eigenvalue weighted by molar-refractivity contribution is 5.77. The van der Waals surface area contributed by atoms with Crippen LogP contribution in [0.4, 0.5) is 4.79 Å². The predicted molar refractivity (Wildman–Crippen MR) is 94.0 cm³/mol. The minimum Gasteiger partial charge on any atom is -0.466 e. The van der Waals surface area contributed by atoms with Crippen LogP contribution in [0.3, 0.4) is 0 Å². The van der Waals surface area contributed by atoms with Gasteiger partial charge in [0.2, 0.25) is 5.91 Å². The number of amides is 3. The first-order valence-electron chi connectivity index (χ1n) is 9.56. The van der Waals surface area contributed by atoms with E-state index in [1.807, 2.05) is 4.90 Å². The zero-order valence-corrected chi connectivity index (χ0v) is 15.3. The highest BCUT2D eigenvalue weighted by Gasteiger charge is 2.26. The topological polar surface area (TPSA) is 79.0 Å². The molecular weight excluding hydrogens is 322 g/mol. The summed E-state index contributed by atoms with van der Waals surface area (Å²) in [5.74, 6) is 0.354. The van der Waals surface area contributed by atoms with Crippen LogP contribution < -0.4 is 5.32 Å². The number of rotatable bonds is 6. The lowest BCUT2D eigenvalue weighted by Crippen LogP contribution is -2.45. The van der Waals surface area contributed by atoms with Gasteiger partial charge in [0.25, 0.3) is 0 Å². The molecule has 2 saturated heterocycles. The van der Waals surface area contributed by atoms with E-state index in [1.165, 1.54) is 6.42 Å². The molecule has 0 saturated carbocycles. The van der Waals surface area contributed by atoms with Gasteiger partial charge < -0.3 is 19.9 Å². The van der Waals surface area contributed by atoms with Crippen molar-refractivity contribution in [2.75, 3.05) is 39.3 Å². The van der Waals surface area contributed by atoms with Crippen LogP contribution in [0.25, 0.3) is 0 Å². The summed E-state index contributed by atoms with van der Waals surface area (Å²) >= 11 is 0. The van der Waals surface area contributed by atoms with Crippen LogP contribution in [-0.4, -0.2) is 67.0 Å². The minimum atomic E-state index is -0.294. The van der Waals surface area contributed by atoms with Gasteiger partial charge in [-0.25, -0.2) is 4.79 Å². The minimum absolute atomic E-state index is 0.134. The first kappa shape index (κ1) is 19.5. The molecule has 2 heterocycles. The maximum Gasteiger partial charge on any atom is 0.317 e. The number of carbonyl (C=O) groups is 3. The second kappa shape index (κ2) is 10.3. The molecule has 3 amide bonds. The molecule has 1 N–H and O–H groups in total. The summed E-state index contributed by atoms with van der Waals surface area (Å²) in [6.45, 7) is 5.56. The molecule has 2 fully saturated rings. The van der Waals surface area contributed by atoms with Gasteiger partial charge in [0.15, 0.2) is 0 Å². The molecule has 0 unspecified atom stereocenters. The van der Waals surface area contributed by atoms with E-state index in [1.54, 1.807) is 11.8 Å². The number of hydrogen-bond acceptors (Lipinski definition) is 4. The van der Waals surface area contributed by atoms with Gasteiger partial charge in [0.05, 0.1) is 13.0 Å². The van der Waals surface area contributed by atoms with Crippen molar-refractivity contribution in [2.24, 2.45) is 5.92 Å². The quantitative estimate of drug-likeness (QED) is 0.738. The van der Waals surface area contributed by atoms with E-state index in [0.717, 1.165) is 38.8 Å². The lowest BCUT2D eigenvalue weighted by molar-refractivity contribution is -0.142. The van der Waals surface area contributed by atoms with Gasteiger partial charge in [-0.3, -0.25) is 9.59 Å². The van der Waals surface area contributed by atoms with Crippen molar-refractivity contribution in [3.63, 3.8) is 0 Å². The zero-order chi connectivity index (χ0) is 18.1. The number of ether oxygens (including phenoxy) is 1. The van der Waals surface area contributed by atoms with E-state index < -0.39 is 0 Å². The lowest BCUT2D eigenvalue weighted by atomic mass is 9.93. The molecule has 7 nitrogen and oxygen atoms in total. The van der Waals surface area contributed by atoms with E-state index in [0.29, 0.717) is 38.6 Å². The predicted octanol–water partition coefficient (Wildman–Crippen LogP) is 1.76. The van der Waals surface area contributed by atoms with Gasteiger partial charge in [0.1, 0.15) is 0 Å². The third kappa shape index (κ3) is 6.55. The number of piperidine rings is 2. The van der Waals surface area contributed by atoms with Crippen molar-refractivity contribution in [1.29, 1.82) is 0 Å². The van der Waals surface area contributed by atoms with E-state index in [2.05, 4.69) is 5.32 Å². The fraction of sp³-hybridized carbons (Fsp3) is 0.833. The van der Waals surface area contributed by atoms with Crippen LogP contribution in [0.1, 0.15) is 51.9 Å². The average molecular weight is 353 g/mol. The highest BCUT2D eigenvalue weighted by Crippen LogP contribution is 2.22. The molecular formula is C18H31N3O4. The lowest BCUT2D eigenvalue weighted by Gasteiger charge is -2.33. The van der Waals surface area contributed by atoms with Crippen LogP contribution in [0.5, 0.6) is 0 Å². The van der Waals surface area contributed by atoms with Gasteiger partial charge in [-0.15, -0.1) is 0 Å². The highest BCUT2D eigenvalue weighted by atomic mass is 16.5. The van der Waals surface area contributed by atoms with Crippen molar-refractivity contribution in [3.8, 4) is 0 Å². The van der Waals surface area contributed by atoms with Gasteiger partial charge in [-0.05, 0) is 44.9 Å². The van der Waals surface area contributed by atoms with E-state index in [-0.39, 0.29) is 24.3 Å². The molecule has 0 aliphatic carbocycles. The van der Waals surface area contributed by atoms with Crippen LogP contribution in [-0.2, 0) is 14.3 Å². The Balaban J connectivity index is 1.62. The molecule has 2 aliphatic heterocycles. The normalized spacial score (nSPS) is 18.8. The van der Waals surface area contributed by atoms with Gasteiger partial charge in [-0.2, -0.15) is 0 Å². The molecule has 25 heavy (non-hydrogen) atoms. The fourth-order valence-corrected chi connectivity index (χ4v) is 3.48. The Bertz CT molecular complexity index is 455. The maximum atomic E-state index is 12.3. The number of carbonyl (C=O) groups excluding carboxylic acids is 3. The molecule has 0 radical (unpaired) electrons. The number of likely N-dealkylation sites (tertiary alicyclic amines) is 2. The van der Waals surface area contributed by atoms with Crippen molar-refractivity contribution in [1.82, 2.24) is 15.1 Å².